The lowest BCUT2D eigenvalue weighted by atomic mass is 9.77. The van der Waals surface area contributed by atoms with Crippen molar-refractivity contribution < 1.29 is 4.74 Å². The molecule has 4 heteroatoms. The van der Waals surface area contributed by atoms with Crippen LogP contribution in [0.3, 0.4) is 0 Å². The number of nitrogens with two attached hydrogens (primary N) is 1. The minimum Gasteiger partial charge on any atom is -0.384 e. The summed E-state index contributed by atoms with van der Waals surface area (Å²) in [4.78, 5) is 6.72. The van der Waals surface area contributed by atoms with E-state index in [0.717, 1.165) is 18.8 Å². The van der Waals surface area contributed by atoms with E-state index in [1.165, 1.54) is 31.2 Å². The lowest BCUT2D eigenvalue weighted by Crippen LogP contribution is -2.21. The van der Waals surface area contributed by atoms with Crippen LogP contribution in [-0.4, -0.2) is 37.7 Å². The zero-order valence-corrected chi connectivity index (χ0v) is 12.9. The normalized spacial score (nSPS) is 23.2. The minimum absolute atomic E-state index is 0.604. The van der Waals surface area contributed by atoms with Crippen molar-refractivity contribution in [3.63, 3.8) is 0 Å². The highest BCUT2D eigenvalue weighted by Gasteiger charge is 2.25. The summed E-state index contributed by atoms with van der Waals surface area (Å²) in [5.74, 6) is 1.91. The number of methoxy groups -OCH3 is 1. The Morgan fingerprint density at radius 1 is 1.35 bits per heavy atom. The van der Waals surface area contributed by atoms with Crippen LogP contribution in [0.4, 0.5) is 5.82 Å². The SMILES string of the molecule is COCC1CCCC(c2ccc(N)nc2CN(C)C)C1. The summed E-state index contributed by atoms with van der Waals surface area (Å²) < 4.78 is 5.34. The number of hydrogen-bond donors (Lipinski definition) is 1. The van der Waals surface area contributed by atoms with Gasteiger partial charge in [0.05, 0.1) is 5.69 Å². The molecule has 2 atom stereocenters. The maximum absolute atomic E-state index is 5.86. The number of pyridine rings is 1. The molecule has 1 fully saturated rings. The summed E-state index contributed by atoms with van der Waals surface area (Å²) >= 11 is 0. The third kappa shape index (κ3) is 3.93. The number of ether oxygens (including phenoxy) is 1. The van der Waals surface area contributed by atoms with E-state index in [4.69, 9.17) is 10.5 Å². The predicted molar refractivity (Wildman–Crippen MR) is 82.6 cm³/mol. The number of nitrogens with zero attached hydrogens (tertiary/aromatic N) is 2. The lowest BCUT2D eigenvalue weighted by molar-refractivity contribution is 0.125. The van der Waals surface area contributed by atoms with Crippen LogP contribution in [0.1, 0.15) is 42.9 Å². The first-order chi connectivity index (χ1) is 9.60. The first-order valence-corrected chi connectivity index (χ1v) is 7.49. The smallest absolute Gasteiger partial charge is 0.123 e. The second-order valence-electron chi connectivity index (χ2n) is 6.19. The van der Waals surface area contributed by atoms with E-state index in [1.54, 1.807) is 7.11 Å². The molecule has 0 saturated heterocycles. The van der Waals surface area contributed by atoms with Crippen molar-refractivity contribution >= 4 is 5.82 Å². The highest BCUT2D eigenvalue weighted by Crippen LogP contribution is 2.37. The van der Waals surface area contributed by atoms with Crippen molar-refractivity contribution in [3.8, 4) is 0 Å². The molecular weight excluding hydrogens is 250 g/mol. The molecule has 4 nitrogen and oxygen atoms in total. The Kier molecular flexibility index (Phi) is 5.38. The van der Waals surface area contributed by atoms with Gasteiger partial charge < -0.3 is 15.4 Å². The van der Waals surface area contributed by atoms with Crippen molar-refractivity contribution in [2.24, 2.45) is 5.92 Å². The minimum atomic E-state index is 0.604. The van der Waals surface area contributed by atoms with Gasteiger partial charge in [-0.2, -0.15) is 0 Å². The Hall–Kier alpha value is -1.13. The molecule has 0 aliphatic heterocycles. The van der Waals surface area contributed by atoms with Crippen LogP contribution in [-0.2, 0) is 11.3 Å². The number of aromatic nitrogens is 1. The van der Waals surface area contributed by atoms with Gasteiger partial charge in [-0.3, -0.25) is 0 Å². The molecule has 1 heterocycles. The molecule has 2 rings (SSSR count). The summed E-state index contributed by atoms with van der Waals surface area (Å²) in [5.41, 5.74) is 8.38. The maximum Gasteiger partial charge on any atom is 0.123 e. The molecule has 20 heavy (non-hydrogen) atoms. The molecule has 0 bridgehead atoms. The summed E-state index contributed by atoms with van der Waals surface area (Å²) in [6.45, 7) is 1.73. The highest BCUT2D eigenvalue weighted by atomic mass is 16.5. The van der Waals surface area contributed by atoms with E-state index in [2.05, 4.69) is 30.0 Å². The standard InChI is InChI=1S/C16H27N3O/c1-19(2)10-15-14(7-8-16(17)18-15)13-6-4-5-12(9-13)11-20-3/h7-8,12-13H,4-6,9-11H2,1-3H3,(H2,17,18). The average molecular weight is 277 g/mol. The van der Waals surface area contributed by atoms with E-state index in [-0.39, 0.29) is 0 Å². The van der Waals surface area contributed by atoms with Crippen LogP contribution in [0.15, 0.2) is 12.1 Å². The average Bonchev–Trinajstić information content (AvgIpc) is 2.39. The summed E-state index contributed by atoms with van der Waals surface area (Å²) in [6, 6.07) is 4.12. The molecule has 0 radical (unpaired) electrons. The van der Waals surface area contributed by atoms with Gasteiger partial charge in [0.1, 0.15) is 5.82 Å². The van der Waals surface area contributed by atoms with Gasteiger partial charge in [0, 0.05) is 20.3 Å². The summed E-state index contributed by atoms with van der Waals surface area (Å²) in [6.07, 6.45) is 5.03. The van der Waals surface area contributed by atoms with Crippen LogP contribution < -0.4 is 5.73 Å². The van der Waals surface area contributed by atoms with Gasteiger partial charge in [0.2, 0.25) is 0 Å². The molecule has 1 aromatic rings. The monoisotopic (exact) mass is 277 g/mol. The molecule has 0 spiro atoms. The zero-order valence-electron chi connectivity index (χ0n) is 12.9. The summed E-state index contributed by atoms with van der Waals surface area (Å²) in [7, 11) is 5.94. The van der Waals surface area contributed by atoms with Crippen LogP contribution in [0.2, 0.25) is 0 Å². The van der Waals surface area contributed by atoms with Gasteiger partial charge in [-0.15, -0.1) is 0 Å². The van der Waals surface area contributed by atoms with Gasteiger partial charge in [0.25, 0.3) is 0 Å². The second kappa shape index (κ2) is 7.04. The van der Waals surface area contributed by atoms with E-state index in [0.29, 0.717) is 17.7 Å². The van der Waals surface area contributed by atoms with Crippen LogP contribution in [0.5, 0.6) is 0 Å². The number of nitrogen functional groups attached to an aromatic ring is 1. The topological polar surface area (TPSA) is 51.4 Å². The molecule has 1 aliphatic carbocycles. The molecule has 1 aromatic heterocycles. The molecular formula is C16H27N3O. The highest BCUT2D eigenvalue weighted by molar-refractivity contribution is 5.36. The molecule has 2 N–H and O–H groups in total. The van der Waals surface area contributed by atoms with Gasteiger partial charge in [0.15, 0.2) is 0 Å². The third-order valence-corrected chi connectivity index (χ3v) is 4.12. The lowest BCUT2D eigenvalue weighted by Gasteiger charge is -2.30. The van der Waals surface area contributed by atoms with Gasteiger partial charge in [-0.25, -0.2) is 4.98 Å². The zero-order chi connectivity index (χ0) is 14.5. The quantitative estimate of drug-likeness (QED) is 0.899. The molecule has 1 saturated carbocycles. The largest absolute Gasteiger partial charge is 0.384 e. The fourth-order valence-electron chi connectivity index (χ4n) is 3.29. The van der Waals surface area contributed by atoms with Crippen molar-refractivity contribution in [2.45, 2.75) is 38.1 Å². The van der Waals surface area contributed by atoms with Crippen LogP contribution >= 0.6 is 0 Å². The fourth-order valence-corrected chi connectivity index (χ4v) is 3.29. The Morgan fingerprint density at radius 3 is 2.85 bits per heavy atom. The molecule has 2 unspecified atom stereocenters. The van der Waals surface area contributed by atoms with Crippen molar-refractivity contribution in [2.75, 3.05) is 33.5 Å². The van der Waals surface area contributed by atoms with E-state index < -0.39 is 0 Å². The molecule has 0 aromatic carbocycles. The third-order valence-electron chi connectivity index (χ3n) is 4.12. The fraction of sp³-hybridized carbons (Fsp3) is 0.688. The van der Waals surface area contributed by atoms with E-state index in [9.17, 15) is 0 Å². The van der Waals surface area contributed by atoms with Crippen molar-refractivity contribution in [1.82, 2.24) is 9.88 Å². The predicted octanol–water partition coefficient (Wildman–Crippen LogP) is 2.65. The Morgan fingerprint density at radius 2 is 2.15 bits per heavy atom. The number of hydrogen-bond acceptors (Lipinski definition) is 4. The molecule has 1 aliphatic rings. The van der Waals surface area contributed by atoms with E-state index in [1.807, 2.05) is 6.07 Å². The van der Waals surface area contributed by atoms with Crippen molar-refractivity contribution in [3.05, 3.63) is 23.4 Å². The molecule has 0 amide bonds. The van der Waals surface area contributed by atoms with Gasteiger partial charge in [-0.05, 0) is 56.8 Å². The summed E-state index contributed by atoms with van der Waals surface area (Å²) in [5, 5.41) is 0. The first kappa shape index (κ1) is 15.3. The maximum atomic E-state index is 5.86. The van der Waals surface area contributed by atoms with E-state index >= 15 is 0 Å². The Balaban J connectivity index is 2.18. The Labute approximate surface area is 122 Å². The number of rotatable bonds is 5. The van der Waals surface area contributed by atoms with Crippen molar-refractivity contribution in [1.29, 1.82) is 0 Å². The van der Waals surface area contributed by atoms with Gasteiger partial charge >= 0.3 is 0 Å². The Bertz CT molecular complexity index is 432. The van der Waals surface area contributed by atoms with Gasteiger partial charge in [-0.1, -0.05) is 12.5 Å². The molecule has 112 valence electrons. The van der Waals surface area contributed by atoms with Crippen LogP contribution in [0, 0.1) is 5.92 Å². The number of anilines is 1. The van der Waals surface area contributed by atoms with Crippen LogP contribution in [0.25, 0.3) is 0 Å². The first-order valence-electron chi connectivity index (χ1n) is 7.49. The second-order valence-corrected chi connectivity index (χ2v) is 6.19.